The zero-order chi connectivity index (χ0) is 14.5. The van der Waals surface area contributed by atoms with Crippen molar-refractivity contribution in [1.29, 1.82) is 0 Å². The van der Waals surface area contributed by atoms with Crippen LogP contribution in [0.2, 0.25) is 0 Å². The van der Waals surface area contributed by atoms with E-state index in [9.17, 15) is 4.79 Å². The van der Waals surface area contributed by atoms with Gasteiger partial charge in [-0.25, -0.2) is 0 Å². The van der Waals surface area contributed by atoms with E-state index in [0.29, 0.717) is 5.56 Å². The number of aromatic nitrogens is 3. The normalized spacial score (nSPS) is 10.3. The number of carbonyl (C=O) groups is 1. The van der Waals surface area contributed by atoms with Crippen molar-refractivity contribution < 1.29 is 4.79 Å². The molecule has 0 radical (unpaired) electrons. The van der Waals surface area contributed by atoms with E-state index in [4.69, 9.17) is 0 Å². The third kappa shape index (κ3) is 3.14. The molecule has 0 atom stereocenters. The molecule has 0 aliphatic rings. The van der Waals surface area contributed by atoms with E-state index in [1.54, 1.807) is 29.3 Å². The molecule has 2 N–H and O–H groups in total. The number of amides is 1. The van der Waals surface area contributed by atoms with Crippen LogP contribution in [0, 0.1) is 6.92 Å². The minimum Gasteiger partial charge on any atom is -0.383 e. The Morgan fingerprint density at radius 1 is 1.40 bits per heavy atom. The average Bonchev–Trinajstić information content (AvgIpc) is 2.75. The number of nitrogens with zero attached hydrogens (tertiary/aromatic N) is 3. The van der Waals surface area contributed by atoms with E-state index in [1.807, 2.05) is 14.0 Å². The zero-order valence-electron chi connectivity index (χ0n) is 12.0. The van der Waals surface area contributed by atoms with Gasteiger partial charge < -0.3 is 10.6 Å². The van der Waals surface area contributed by atoms with Gasteiger partial charge in [-0.3, -0.25) is 14.5 Å². The lowest BCUT2D eigenvalue weighted by Gasteiger charge is -2.10. The van der Waals surface area contributed by atoms with Crippen molar-refractivity contribution in [2.75, 3.05) is 17.2 Å². The van der Waals surface area contributed by atoms with Crippen molar-refractivity contribution in [1.82, 2.24) is 14.8 Å². The van der Waals surface area contributed by atoms with E-state index >= 15 is 0 Å². The molecular formula is C14H19N5O. The predicted molar refractivity (Wildman–Crippen MR) is 78.9 cm³/mol. The Balaban J connectivity index is 2.18. The van der Waals surface area contributed by atoms with E-state index in [1.165, 1.54) is 0 Å². The number of anilines is 2. The minimum absolute atomic E-state index is 0.165. The van der Waals surface area contributed by atoms with Gasteiger partial charge in [0.15, 0.2) is 0 Å². The highest BCUT2D eigenvalue weighted by atomic mass is 16.1. The van der Waals surface area contributed by atoms with Gasteiger partial charge in [-0.05, 0) is 19.4 Å². The summed E-state index contributed by atoms with van der Waals surface area (Å²) < 4.78 is 1.67. The fourth-order valence-corrected chi connectivity index (χ4v) is 1.90. The number of aryl methyl sites for hydroxylation is 2. The van der Waals surface area contributed by atoms with E-state index < -0.39 is 0 Å². The van der Waals surface area contributed by atoms with Crippen LogP contribution in [-0.2, 0) is 7.05 Å². The minimum atomic E-state index is -0.165. The quantitative estimate of drug-likeness (QED) is 0.876. The standard InChI is InChI=1S/C14H19N5O/c1-4-6-16-12-8-15-7-5-11(12)14(20)17-13-9-19(3)18-10(13)2/h5,7-9,16H,4,6H2,1-3H3,(H,17,20). The first-order valence-corrected chi connectivity index (χ1v) is 6.61. The number of hydrogen-bond donors (Lipinski definition) is 2. The van der Waals surface area contributed by atoms with Crippen LogP contribution >= 0.6 is 0 Å². The molecule has 1 amide bonds. The topological polar surface area (TPSA) is 71.8 Å². The fraction of sp³-hybridized carbons (Fsp3) is 0.357. The molecule has 2 rings (SSSR count). The highest BCUT2D eigenvalue weighted by Gasteiger charge is 2.13. The maximum atomic E-state index is 12.3. The number of nitrogens with one attached hydrogen (secondary N) is 2. The molecule has 0 spiro atoms. The van der Waals surface area contributed by atoms with Crippen LogP contribution in [0.4, 0.5) is 11.4 Å². The number of rotatable bonds is 5. The Kier molecular flexibility index (Phi) is 4.34. The van der Waals surface area contributed by atoms with Crippen LogP contribution in [0.3, 0.4) is 0 Å². The van der Waals surface area contributed by atoms with Gasteiger partial charge in [-0.1, -0.05) is 6.92 Å². The van der Waals surface area contributed by atoms with Crippen LogP contribution in [0.1, 0.15) is 29.4 Å². The molecule has 0 unspecified atom stereocenters. The second kappa shape index (κ2) is 6.18. The molecule has 0 fully saturated rings. The maximum Gasteiger partial charge on any atom is 0.257 e. The van der Waals surface area contributed by atoms with Crippen LogP contribution < -0.4 is 10.6 Å². The highest BCUT2D eigenvalue weighted by Crippen LogP contribution is 2.17. The molecule has 0 aromatic carbocycles. The predicted octanol–water partition coefficient (Wildman–Crippen LogP) is 2.20. The molecule has 0 aliphatic carbocycles. The Morgan fingerprint density at radius 2 is 2.20 bits per heavy atom. The molecule has 2 aromatic rings. The lowest BCUT2D eigenvalue weighted by molar-refractivity contribution is 0.102. The third-order valence-electron chi connectivity index (χ3n) is 2.89. The van der Waals surface area contributed by atoms with Crippen molar-refractivity contribution in [3.8, 4) is 0 Å². The summed E-state index contributed by atoms with van der Waals surface area (Å²) in [5.41, 5.74) is 2.83. The SMILES string of the molecule is CCCNc1cnccc1C(=O)Nc1cn(C)nc1C. The van der Waals surface area contributed by atoms with Gasteiger partial charge in [0, 0.05) is 26.0 Å². The molecule has 0 saturated heterocycles. The monoisotopic (exact) mass is 273 g/mol. The zero-order valence-corrected chi connectivity index (χ0v) is 12.0. The van der Waals surface area contributed by atoms with Crippen molar-refractivity contribution >= 4 is 17.3 Å². The molecule has 6 heteroatoms. The van der Waals surface area contributed by atoms with Gasteiger partial charge >= 0.3 is 0 Å². The average molecular weight is 273 g/mol. The summed E-state index contributed by atoms with van der Waals surface area (Å²) in [5, 5.41) is 10.3. The van der Waals surface area contributed by atoms with Crippen LogP contribution in [0.25, 0.3) is 0 Å². The van der Waals surface area contributed by atoms with Gasteiger partial charge in [-0.15, -0.1) is 0 Å². The molecule has 0 saturated carbocycles. The first-order chi connectivity index (χ1) is 9.61. The molecule has 0 aliphatic heterocycles. The van der Waals surface area contributed by atoms with Crippen LogP contribution in [-0.4, -0.2) is 27.2 Å². The lowest BCUT2D eigenvalue weighted by atomic mass is 10.2. The van der Waals surface area contributed by atoms with Crippen LogP contribution in [0.15, 0.2) is 24.7 Å². The Hall–Kier alpha value is -2.37. The van der Waals surface area contributed by atoms with Gasteiger partial charge in [0.05, 0.1) is 28.8 Å². The Morgan fingerprint density at radius 3 is 2.85 bits per heavy atom. The van der Waals surface area contributed by atoms with Crippen molar-refractivity contribution in [2.45, 2.75) is 20.3 Å². The molecule has 106 valence electrons. The Labute approximate surface area is 118 Å². The Bertz CT molecular complexity index is 605. The number of pyridine rings is 1. The summed E-state index contributed by atoms with van der Waals surface area (Å²) in [6.45, 7) is 4.73. The maximum absolute atomic E-state index is 12.3. The van der Waals surface area contributed by atoms with Gasteiger partial charge in [0.25, 0.3) is 5.91 Å². The van der Waals surface area contributed by atoms with E-state index in [0.717, 1.165) is 30.0 Å². The van der Waals surface area contributed by atoms with Crippen molar-refractivity contribution in [3.05, 3.63) is 35.9 Å². The van der Waals surface area contributed by atoms with Crippen molar-refractivity contribution in [2.24, 2.45) is 7.05 Å². The molecule has 0 bridgehead atoms. The second-order valence-electron chi connectivity index (χ2n) is 4.60. The fourth-order valence-electron chi connectivity index (χ4n) is 1.90. The summed E-state index contributed by atoms with van der Waals surface area (Å²) in [6.07, 6.45) is 6.05. The highest BCUT2D eigenvalue weighted by molar-refractivity contribution is 6.08. The molecule has 20 heavy (non-hydrogen) atoms. The van der Waals surface area contributed by atoms with Gasteiger partial charge in [0.1, 0.15) is 0 Å². The van der Waals surface area contributed by atoms with E-state index in [2.05, 4.69) is 27.6 Å². The van der Waals surface area contributed by atoms with E-state index in [-0.39, 0.29) is 5.91 Å². The smallest absolute Gasteiger partial charge is 0.257 e. The molecule has 2 aromatic heterocycles. The molecular weight excluding hydrogens is 254 g/mol. The first-order valence-electron chi connectivity index (χ1n) is 6.61. The first kappa shape index (κ1) is 14.0. The molecule has 6 nitrogen and oxygen atoms in total. The summed E-state index contributed by atoms with van der Waals surface area (Å²) in [7, 11) is 1.82. The number of carbonyl (C=O) groups excluding carboxylic acids is 1. The van der Waals surface area contributed by atoms with Crippen molar-refractivity contribution in [3.63, 3.8) is 0 Å². The lowest BCUT2D eigenvalue weighted by Crippen LogP contribution is -2.15. The number of hydrogen-bond acceptors (Lipinski definition) is 4. The summed E-state index contributed by atoms with van der Waals surface area (Å²) in [6, 6.07) is 1.71. The third-order valence-corrected chi connectivity index (χ3v) is 2.89. The van der Waals surface area contributed by atoms with Gasteiger partial charge in [0.2, 0.25) is 0 Å². The van der Waals surface area contributed by atoms with Gasteiger partial charge in [-0.2, -0.15) is 5.10 Å². The summed E-state index contributed by atoms with van der Waals surface area (Å²) >= 11 is 0. The van der Waals surface area contributed by atoms with Crippen LogP contribution in [0.5, 0.6) is 0 Å². The second-order valence-corrected chi connectivity index (χ2v) is 4.60. The molecule has 2 heterocycles. The summed E-state index contributed by atoms with van der Waals surface area (Å²) in [4.78, 5) is 16.4. The largest absolute Gasteiger partial charge is 0.383 e. The summed E-state index contributed by atoms with van der Waals surface area (Å²) in [5.74, 6) is -0.165.